The number of nitrogens with zero attached hydrogens (tertiary/aromatic N) is 6. The largest absolute Gasteiger partial charge is 0.309 e. The first-order valence-corrected chi connectivity index (χ1v) is 40.4. The van der Waals surface area contributed by atoms with Crippen LogP contribution in [-0.2, 0) is 10.8 Å². The first-order valence-electron chi connectivity index (χ1n) is 40.4. The van der Waals surface area contributed by atoms with Crippen molar-refractivity contribution in [2.75, 3.05) is 0 Å². The summed E-state index contributed by atoms with van der Waals surface area (Å²) >= 11 is 0. The van der Waals surface area contributed by atoms with E-state index in [0.717, 1.165) is 83.8 Å². The van der Waals surface area contributed by atoms with Crippen molar-refractivity contribution >= 4 is 98.0 Å². The fourth-order valence-corrected chi connectivity index (χ4v) is 20.9. The number of rotatable bonds is 9. The van der Waals surface area contributed by atoms with E-state index in [2.05, 4.69) is 410 Å². The molecule has 0 atom stereocenters. The van der Waals surface area contributed by atoms with Crippen LogP contribution in [0.15, 0.2) is 364 Å². The highest BCUT2D eigenvalue weighted by Gasteiger charge is 2.38. The molecule has 0 amide bonds. The van der Waals surface area contributed by atoms with E-state index in [9.17, 15) is 0 Å². The highest BCUT2D eigenvalue weighted by molar-refractivity contribution is 6.21. The molecule has 0 fully saturated rings. The minimum Gasteiger partial charge on any atom is -0.309 e. The minimum atomic E-state index is -0.103. The zero-order valence-corrected chi connectivity index (χ0v) is 64.3. The lowest BCUT2D eigenvalue weighted by Crippen LogP contribution is -2.15. The third-order valence-electron chi connectivity index (χ3n) is 26.3. The zero-order valence-electron chi connectivity index (χ0n) is 64.3. The summed E-state index contributed by atoms with van der Waals surface area (Å²) in [5.74, 6) is 0.679. The van der Waals surface area contributed by atoms with Gasteiger partial charge in [0.1, 0.15) is 0 Å². The van der Waals surface area contributed by atoms with Crippen LogP contribution in [-0.4, -0.2) is 28.2 Å². The molecule has 0 bridgehead atoms. The van der Waals surface area contributed by atoms with Crippen molar-refractivity contribution in [3.05, 3.63) is 386 Å². The maximum Gasteiger partial charge on any atom is 0.160 e. The molecule has 0 saturated heterocycles. The summed E-state index contributed by atoms with van der Waals surface area (Å²) < 4.78 is 9.79. The predicted octanol–water partition coefficient (Wildman–Crippen LogP) is 28.6. The average Bonchev–Trinajstić information content (AvgIpc) is 1.60. The van der Waals surface area contributed by atoms with Gasteiger partial charge in [-0.05, 0) is 216 Å². The van der Waals surface area contributed by atoms with Gasteiger partial charge >= 0.3 is 0 Å². The summed E-state index contributed by atoms with van der Waals surface area (Å²) in [7, 11) is 0. The molecule has 17 aromatic carbocycles. The Morgan fingerprint density at radius 2 is 0.534 bits per heavy atom. The molecule has 5 aromatic heterocycles. The van der Waals surface area contributed by atoms with Crippen LogP contribution in [0.25, 0.3) is 221 Å². The van der Waals surface area contributed by atoms with Gasteiger partial charge in [0, 0.05) is 98.9 Å². The zero-order chi connectivity index (χ0) is 76.6. The Kier molecular flexibility index (Phi) is 13.4. The molecule has 25 rings (SSSR count). The molecule has 0 saturated carbocycles. The van der Waals surface area contributed by atoms with E-state index in [1.165, 1.54) is 154 Å². The van der Waals surface area contributed by atoms with Crippen LogP contribution >= 0.6 is 0 Å². The van der Waals surface area contributed by atoms with E-state index in [-0.39, 0.29) is 10.8 Å². The summed E-state index contributed by atoms with van der Waals surface area (Å²) in [6, 6.07) is 136. The standard InChI is InChI=1S/C110H72N6/c1-109(2)92-37-14-8-29-77(92)79-49-47-74(63-94(79)109)115-98-41-18-12-33-83(98)90-61-68(45-55-102(90)115)66-43-53-100-88(59-66)81-31-10-16-39-96(81)113(100)72-27-20-25-70(57-72)76-51-52-86-104-85(76)35-22-36-87(104)107-105(86)106(65-23-6-5-7-24-65)111-108(112-107)71-26-21-28-73(58-71)114-97-40-17-11-32-82(97)89-60-67(44-54-101(89)114)69-46-56-103-91(62-69)84-34-13-19-42-99(84)116(103)75-48-50-80-78-30-9-15-38-93(78)110(3,4)95(80)64-75/h5-64H,1-4H3. The van der Waals surface area contributed by atoms with Gasteiger partial charge in [-0.2, -0.15) is 0 Å². The molecule has 0 radical (unpaired) electrons. The highest BCUT2D eigenvalue weighted by atomic mass is 15.0. The van der Waals surface area contributed by atoms with Gasteiger partial charge in [-0.25, -0.2) is 9.97 Å². The van der Waals surface area contributed by atoms with Crippen molar-refractivity contribution in [2.45, 2.75) is 38.5 Å². The van der Waals surface area contributed by atoms with Crippen molar-refractivity contribution < 1.29 is 0 Å². The fraction of sp³-hybridized carbons (Fsp3) is 0.0545. The number of hydrogen-bond acceptors (Lipinski definition) is 2. The second-order valence-corrected chi connectivity index (χ2v) is 33.1. The van der Waals surface area contributed by atoms with Gasteiger partial charge in [-0.15, -0.1) is 0 Å². The molecule has 0 aliphatic heterocycles. The van der Waals surface area contributed by atoms with Crippen molar-refractivity contribution in [1.82, 2.24) is 28.2 Å². The Labute approximate surface area is 670 Å². The molecule has 6 heteroatoms. The predicted molar refractivity (Wildman–Crippen MR) is 484 cm³/mol. The highest BCUT2D eigenvalue weighted by Crippen LogP contribution is 2.55. The molecule has 542 valence electrons. The quantitative estimate of drug-likeness (QED) is 0.145. The van der Waals surface area contributed by atoms with E-state index in [1.54, 1.807) is 0 Å². The van der Waals surface area contributed by atoms with Crippen molar-refractivity contribution in [3.63, 3.8) is 0 Å². The van der Waals surface area contributed by atoms with Crippen LogP contribution in [0.5, 0.6) is 0 Å². The molecular formula is C110H72N6. The van der Waals surface area contributed by atoms with Gasteiger partial charge in [-0.3, -0.25) is 0 Å². The molecule has 0 spiro atoms. The van der Waals surface area contributed by atoms with Gasteiger partial charge in [0.2, 0.25) is 0 Å². The number of benzene rings is 17. The molecule has 5 heterocycles. The molecule has 116 heavy (non-hydrogen) atoms. The lowest BCUT2D eigenvalue weighted by molar-refractivity contribution is 0.660. The topological polar surface area (TPSA) is 45.5 Å². The number of hydrogen-bond donors (Lipinski definition) is 0. The fourth-order valence-electron chi connectivity index (χ4n) is 20.9. The first kappa shape index (κ1) is 64.9. The van der Waals surface area contributed by atoms with Crippen molar-refractivity contribution in [3.8, 4) is 123 Å². The lowest BCUT2D eigenvalue weighted by Gasteiger charge is -2.22. The number of fused-ring (bicyclic) bond motifs is 21. The van der Waals surface area contributed by atoms with Crippen molar-refractivity contribution in [1.29, 1.82) is 0 Å². The Hall–Kier alpha value is -14.7. The monoisotopic (exact) mass is 1480 g/mol. The maximum absolute atomic E-state index is 5.69. The van der Waals surface area contributed by atoms with Crippen molar-refractivity contribution in [2.24, 2.45) is 0 Å². The third kappa shape index (κ3) is 9.12. The minimum absolute atomic E-state index is 0.100. The summed E-state index contributed by atoms with van der Waals surface area (Å²) in [6.07, 6.45) is 0. The van der Waals surface area contributed by atoms with Gasteiger partial charge < -0.3 is 18.3 Å². The van der Waals surface area contributed by atoms with E-state index >= 15 is 0 Å². The molecule has 0 N–H and O–H groups in total. The van der Waals surface area contributed by atoms with Gasteiger partial charge in [0.05, 0.1) is 55.5 Å². The van der Waals surface area contributed by atoms with Crippen LogP contribution in [0.2, 0.25) is 0 Å². The van der Waals surface area contributed by atoms with Gasteiger partial charge in [0.25, 0.3) is 0 Å². The van der Waals surface area contributed by atoms with Gasteiger partial charge in [-0.1, -0.05) is 270 Å². The summed E-state index contributed by atoms with van der Waals surface area (Å²) in [6.45, 7) is 9.46. The lowest BCUT2D eigenvalue weighted by atomic mass is 9.82. The van der Waals surface area contributed by atoms with Crippen LogP contribution in [0.3, 0.4) is 0 Å². The van der Waals surface area contributed by atoms with E-state index in [0.29, 0.717) is 5.82 Å². The molecule has 3 aliphatic carbocycles. The molecule has 6 nitrogen and oxygen atoms in total. The van der Waals surface area contributed by atoms with E-state index in [4.69, 9.17) is 9.97 Å². The Morgan fingerprint density at radius 3 is 1.01 bits per heavy atom. The van der Waals surface area contributed by atoms with Gasteiger partial charge in [0.15, 0.2) is 5.82 Å². The van der Waals surface area contributed by atoms with Crippen LogP contribution in [0, 0.1) is 0 Å². The molecule has 0 unspecified atom stereocenters. The first-order chi connectivity index (χ1) is 57.0. The Bertz CT molecular complexity index is 8090. The Balaban J connectivity index is 0.557. The summed E-state index contributed by atoms with van der Waals surface area (Å²) in [5.41, 5.74) is 38.7. The normalized spacial score (nSPS) is 13.5. The molecule has 22 aromatic rings. The maximum atomic E-state index is 5.69. The summed E-state index contributed by atoms with van der Waals surface area (Å²) in [5, 5.41) is 12.1. The second kappa shape index (κ2) is 23.9. The van der Waals surface area contributed by atoms with Crippen LogP contribution < -0.4 is 0 Å². The second-order valence-electron chi connectivity index (χ2n) is 33.1. The molecular weight excluding hydrogens is 1410 g/mol. The van der Waals surface area contributed by atoms with Crippen LogP contribution in [0.1, 0.15) is 49.9 Å². The average molecular weight is 1480 g/mol. The Morgan fingerprint density at radius 1 is 0.198 bits per heavy atom. The number of aromatic nitrogens is 6. The summed E-state index contributed by atoms with van der Waals surface area (Å²) in [4.78, 5) is 11.3. The van der Waals surface area contributed by atoms with E-state index < -0.39 is 0 Å². The third-order valence-corrected chi connectivity index (χ3v) is 26.3. The van der Waals surface area contributed by atoms with E-state index in [1.807, 2.05) is 0 Å². The van der Waals surface area contributed by atoms with Crippen LogP contribution in [0.4, 0.5) is 0 Å². The smallest absolute Gasteiger partial charge is 0.160 e. The number of para-hydroxylation sites is 4. The molecule has 3 aliphatic rings. The SMILES string of the molecule is CC1(C)c2ccccc2-c2ccc(-n3c4ccccc4c4cc(-c5ccc6c(c5)c5ccccc5n6-c5cccc(-c6nc(-c7ccccc7)c7c(n6)-c6cccc8c(-c9cccc(-n%10c%11ccccc%11c%11cc(-c%12ccc%13c(c%12)c%12ccccc%12n%13-c%12ccc%13c(c%12)C(C)(C)c%12ccccc%12-%13)ccc%11%10)c9)ccc-7c68)c5)ccc43)cc21.